The normalized spacial score (nSPS) is 12.2. The third kappa shape index (κ3) is 4.81. The van der Waals surface area contributed by atoms with Crippen molar-refractivity contribution in [2.75, 3.05) is 13.9 Å². The summed E-state index contributed by atoms with van der Waals surface area (Å²) in [5, 5.41) is -0.0109. The van der Waals surface area contributed by atoms with E-state index in [1.165, 1.54) is 24.3 Å². The van der Waals surface area contributed by atoms with Gasteiger partial charge in [0, 0.05) is 17.2 Å². The van der Waals surface area contributed by atoms with Gasteiger partial charge in [-0.25, -0.2) is 4.39 Å². The highest BCUT2D eigenvalue weighted by molar-refractivity contribution is 6.30. The standard InChI is InChI=1S/C24H18ClFO5/c1-28-22-8-3-15(10-17(22)13-29-18-5-6-20(26)19(25)12-18)2-7-21(27)16-4-9-23-24(11-16)31-14-30-23/h2-12H,13-14H2,1H3/b7-2+. The summed E-state index contributed by atoms with van der Waals surface area (Å²) in [6.45, 7) is 0.340. The number of halogens is 2. The molecule has 0 bridgehead atoms. The molecule has 4 rings (SSSR count). The van der Waals surface area contributed by atoms with Crippen molar-refractivity contribution in [2.24, 2.45) is 0 Å². The van der Waals surface area contributed by atoms with Gasteiger partial charge in [-0.1, -0.05) is 23.7 Å². The number of fused-ring (bicyclic) bond motifs is 1. The van der Waals surface area contributed by atoms with Crippen molar-refractivity contribution >= 4 is 23.5 Å². The first-order valence-corrected chi connectivity index (χ1v) is 9.78. The van der Waals surface area contributed by atoms with Gasteiger partial charge >= 0.3 is 0 Å². The second-order valence-corrected chi connectivity index (χ2v) is 7.11. The van der Waals surface area contributed by atoms with Crippen LogP contribution in [0.4, 0.5) is 4.39 Å². The monoisotopic (exact) mass is 440 g/mol. The molecule has 0 amide bonds. The summed E-state index contributed by atoms with van der Waals surface area (Å²) in [6.07, 6.45) is 3.20. The molecule has 1 aliphatic heterocycles. The Balaban J connectivity index is 1.48. The van der Waals surface area contributed by atoms with Gasteiger partial charge in [0.2, 0.25) is 6.79 Å². The molecule has 7 heteroatoms. The van der Waals surface area contributed by atoms with Gasteiger partial charge in [0.25, 0.3) is 0 Å². The van der Waals surface area contributed by atoms with Crippen molar-refractivity contribution in [3.63, 3.8) is 0 Å². The van der Waals surface area contributed by atoms with Gasteiger partial charge in [-0.05, 0) is 54.1 Å². The Morgan fingerprint density at radius 2 is 1.94 bits per heavy atom. The van der Waals surface area contributed by atoms with Crippen LogP contribution in [-0.4, -0.2) is 19.7 Å². The third-order valence-corrected chi connectivity index (χ3v) is 4.96. The minimum atomic E-state index is -0.508. The van der Waals surface area contributed by atoms with Gasteiger partial charge in [0.15, 0.2) is 17.3 Å². The number of hydrogen-bond acceptors (Lipinski definition) is 5. The van der Waals surface area contributed by atoms with Gasteiger partial charge in [-0.3, -0.25) is 4.79 Å². The molecule has 31 heavy (non-hydrogen) atoms. The molecule has 1 aliphatic rings. The van der Waals surface area contributed by atoms with Crippen LogP contribution in [0.15, 0.2) is 60.7 Å². The maximum absolute atomic E-state index is 13.3. The molecular weight excluding hydrogens is 423 g/mol. The van der Waals surface area contributed by atoms with Crippen molar-refractivity contribution in [3.8, 4) is 23.0 Å². The summed E-state index contributed by atoms with van der Waals surface area (Å²) in [7, 11) is 1.56. The van der Waals surface area contributed by atoms with E-state index in [4.69, 9.17) is 30.5 Å². The molecule has 0 N–H and O–H groups in total. The lowest BCUT2D eigenvalue weighted by molar-refractivity contribution is 0.104. The molecule has 0 radical (unpaired) electrons. The fourth-order valence-electron chi connectivity index (χ4n) is 3.06. The minimum Gasteiger partial charge on any atom is -0.496 e. The van der Waals surface area contributed by atoms with E-state index in [2.05, 4.69) is 0 Å². The number of carbonyl (C=O) groups is 1. The highest BCUT2D eigenvalue weighted by Crippen LogP contribution is 2.32. The zero-order valence-corrected chi connectivity index (χ0v) is 17.3. The summed E-state index contributed by atoms with van der Waals surface area (Å²) in [6, 6.07) is 14.7. The Morgan fingerprint density at radius 1 is 1.10 bits per heavy atom. The number of benzene rings is 3. The molecular formula is C24H18ClFO5. The summed E-state index contributed by atoms with van der Waals surface area (Å²) < 4.78 is 35.0. The first kappa shape index (κ1) is 20.8. The Kier molecular flexibility index (Phi) is 6.09. The molecule has 0 atom stereocenters. The van der Waals surface area contributed by atoms with Gasteiger partial charge in [0.1, 0.15) is 23.9 Å². The molecule has 0 aromatic heterocycles. The zero-order valence-electron chi connectivity index (χ0n) is 16.6. The largest absolute Gasteiger partial charge is 0.496 e. The van der Waals surface area contributed by atoms with Crippen LogP contribution < -0.4 is 18.9 Å². The van der Waals surface area contributed by atoms with E-state index >= 15 is 0 Å². The summed E-state index contributed by atoms with van der Waals surface area (Å²) in [5.41, 5.74) is 2.07. The van der Waals surface area contributed by atoms with Gasteiger partial charge in [-0.2, -0.15) is 0 Å². The molecule has 3 aromatic rings. The lowest BCUT2D eigenvalue weighted by Gasteiger charge is -2.11. The van der Waals surface area contributed by atoms with Crippen molar-refractivity contribution in [1.29, 1.82) is 0 Å². The van der Waals surface area contributed by atoms with E-state index in [-0.39, 0.29) is 24.2 Å². The Hall–Kier alpha value is -3.51. The van der Waals surface area contributed by atoms with E-state index in [0.717, 1.165) is 11.1 Å². The number of carbonyl (C=O) groups excluding carboxylic acids is 1. The summed E-state index contributed by atoms with van der Waals surface area (Å²) in [4.78, 5) is 12.5. The second-order valence-electron chi connectivity index (χ2n) is 6.70. The lowest BCUT2D eigenvalue weighted by atomic mass is 10.1. The number of hydrogen-bond donors (Lipinski definition) is 0. The Bertz CT molecular complexity index is 1160. The Morgan fingerprint density at radius 3 is 2.74 bits per heavy atom. The van der Waals surface area contributed by atoms with Crippen LogP contribution in [0.1, 0.15) is 21.5 Å². The smallest absolute Gasteiger partial charge is 0.231 e. The van der Waals surface area contributed by atoms with Crippen molar-refractivity contribution in [2.45, 2.75) is 6.61 Å². The molecule has 0 saturated heterocycles. The van der Waals surface area contributed by atoms with Crippen LogP contribution in [0.3, 0.4) is 0 Å². The highest BCUT2D eigenvalue weighted by atomic mass is 35.5. The van der Waals surface area contributed by atoms with Crippen LogP contribution >= 0.6 is 11.6 Å². The molecule has 158 valence electrons. The van der Waals surface area contributed by atoms with Crippen LogP contribution in [0, 0.1) is 5.82 Å². The average molecular weight is 441 g/mol. The minimum absolute atomic E-state index is 0.0109. The van der Waals surface area contributed by atoms with Gasteiger partial charge in [-0.15, -0.1) is 0 Å². The van der Waals surface area contributed by atoms with E-state index in [1.807, 2.05) is 12.1 Å². The fraction of sp³-hybridized carbons (Fsp3) is 0.125. The maximum atomic E-state index is 13.3. The predicted octanol–water partition coefficient (Wildman–Crippen LogP) is 5.69. The SMILES string of the molecule is COc1ccc(/C=C/C(=O)c2ccc3c(c2)OCO3)cc1COc1ccc(F)c(Cl)c1. The van der Waals surface area contributed by atoms with Gasteiger partial charge in [0.05, 0.1) is 12.1 Å². The quantitative estimate of drug-likeness (QED) is 0.349. The predicted molar refractivity (Wildman–Crippen MR) is 115 cm³/mol. The first-order valence-electron chi connectivity index (χ1n) is 9.40. The highest BCUT2D eigenvalue weighted by Gasteiger charge is 2.15. The zero-order chi connectivity index (χ0) is 21.8. The van der Waals surface area contributed by atoms with Crippen molar-refractivity contribution in [3.05, 3.63) is 88.2 Å². The van der Waals surface area contributed by atoms with Crippen LogP contribution in [0.25, 0.3) is 6.08 Å². The number of ether oxygens (including phenoxy) is 4. The Labute approximate surface area is 183 Å². The van der Waals surface area contributed by atoms with E-state index in [0.29, 0.717) is 28.6 Å². The van der Waals surface area contributed by atoms with Crippen molar-refractivity contribution < 1.29 is 28.1 Å². The number of allylic oxidation sites excluding steroid dienone is 1. The molecule has 1 heterocycles. The fourth-order valence-corrected chi connectivity index (χ4v) is 3.23. The molecule has 0 unspecified atom stereocenters. The maximum Gasteiger partial charge on any atom is 0.231 e. The van der Waals surface area contributed by atoms with E-state index in [9.17, 15) is 9.18 Å². The molecule has 0 fully saturated rings. The van der Waals surface area contributed by atoms with Crippen LogP contribution in [0.5, 0.6) is 23.0 Å². The molecule has 0 saturated carbocycles. The van der Waals surface area contributed by atoms with Crippen molar-refractivity contribution in [1.82, 2.24) is 0 Å². The average Bonchev–Trinajstić information content (AvgIpc) is 3.26. The van der Waals surface area contributed by atoms with E-state index < -0.39 is 5.82 Å². The summed E-state index contributed by atoms with van der Waals surface area (Å²) in [5.74, 6) is 1.59. The van der Waals surface area contributed by atoms with Gasteiger partial charge < -0.3 is 18.9 Å². The van der Waals surface area contributed by atoms with Crippen LogP contribution in [-0.2, 0) is 6.61 Å². The van der Waals surface area contributed by atoms with E-state index in [1.54, 1.807) is 37.5 Å². The lowest BCUT2D eigenvalue weighted by Crippen LogP contribution is -2.00. The molecule has 0 aliphatic carbocycles. The first-order chi connectivity index (χ1) is 15.0. The molecule has 5 nitrogen and oxygen atoms in total. The number of methoxy groups -OCH3 is 1. The number of rotatable bonds is 7. The second kappa shape index (κ2) is 9.10. The topological polar surface area (TPSA) is 54.0 Å². The number of ketones is 1. The third-order valence-electron chi connectivity index (χ3n) is 4.67. The van der Waals surface area contributed by atoms with Crippen LogP contribution in [0.2, 0.25) is 5.02 Å². The summed E-state index contributed by atoms with van der Waals surface area (Å²) >= 11 is 5.80. The molecule has 3 aromatic carbocycles. The molecule has 0 spiro atoms.